The first-order valence-corrected chi connectivity index (χ1v) is 11.5. The predicted octanol–water partition coefficient (Wildman–Crippen LogP) is 7.56. The van der Waals surface area contributed by atoms with Crippen molar-refractivity contribution in [3.05, 3.63) is 65.2 Å². The average Bonchev–Trinajstić information content (AvgIpc) is 2.79. The summed E-state index contributed by atoms with van der Waals surface area (Å²) in [7, 11) is 0. The van der Waals surface area contributed by atoms with Crippen LogP contribution in [0.15, 0.2) is 53.5 Å². The molecule has 0 saturated heterocycles. The number of nitrogens with zero attached hydrogens (tertiary/aromatic N) is 1. The largest absolute Gasteiger partial charge is 0.195 e. The maximum absolute atomic E-state index is 4.62. The molecule has 1 aliphatic rings. The van der Waals surface area contributed by atoms with E-state index in [0.717, 1.165) is 28.3 Å². The standard InChI is InChI=1S/C28H29NS/c1-2-3-4-5-23-6-8-24(9-7-23)10-11-25-12-14-26(15-13-25)16-17-27-18-20-28(21-19-27)29-22-30/h12-15,18-21,23-24H,2-9H2,1H3. The molecule has 0 aliphatic heterocycles. The number of hydrogen-bond acceptors (Lipinski definition) is 2. The molecule has 30 heavy (non-hydrogen) atoms. The normalized spacial score (nSPS) is 17.6. The summed E-state index contributed by atoms with van der Waals surface area (Å²) in [5.74, 6) is 14.8. The molecule has 0 N–H and O–H groups in total. The molecule has 0 unspecified atom stereocenters. The molecule has 2 heteroatoms. The maximum Gasteiger partial charge on any atom is 0.0740 e. The van der Waals surface area contributed by atoms with Crippen molar-refractivity contribution < 1.29 is 0 Å². The van der Waals surface area contributed by atoms with E-state index in [4.69, 9.17) is 0 Å². The van der Waals surface area contributed by atoms with E-state index in [-0.39, 0.29) is 0 Å². The topological polar surface area (TPSA) is 12.4 Å². The minimum absolute atomic E-state index is 0.567. The summed E-state index contributed by atoms with van der Waals surface area (Å²) in [4.78, 5) is 3.95. The van der Waals surface area contributed by atoms with Crippen LogP contribution >= 0.6 is 12.2 Å². The predicted molar refractivity (Wildman–Crippen MR) is 130 cm³/mol. The highest BCUT2D eigenvalue weighted by atomic mass is 32.1. The third kappa shape index (κ3) is 7.31. The van der Waals surface area contributed by atoms with Crippen molar-refractivity contribution in [1.82, 2.24) is 0 Å². The van der Waals surface area contributed by atoms with Crippen molar-refractivity contribution >= 4 is 23.1 Å². The number of aliphatic imine (C=N–C) groups is 1. The van der Waals surface area contributed by atoms with E-state index in [0.29, 0.717) is 5.92 Å². The fraction of sp³-hybridized carbons (Fsp3) is 0.393. The Morgan fingerprint density at radius 2 is 1.37 bits per heavy atom. The van der Waals surface area contributed by atoms with Gasteiger partial charge in [0.05, 0.1) is 10.8 Å². The second kappa shape index (κ2) is 12.1. The molecule has 1 saturated carbocycles. The number of benzene rings is 2. The Kier molecular flexibility index (Phi) is 8.93. The molecule has 0 atom stereocenters. The summed E-state index contributed by atoms with van der Waals surface area (Å²) in [5.41, 5.74) is 3.82. The van der Waals surface area contributed by atoms with Crippen LogP contribution in [0.3, 0.4) is 0 Å². The molecule has 3 rings (SSSR count). The zero-order valence-corrected chi connectivity index (χ0v) is 18.6. The van der Waals surface area contributed by atoms with Crippen LogP contribution in [0.1, 0.15) is 75.0 Å². The lowest BCUT2D eigenvalue weighted by atomic mass is 9.80. The van der Waals surface area contributed by atoms with Gasteiger partial charge in [-0.3, -0.25) is 0 Å². The summed E-state index contributed by atoms with van der Waals surface area (Å²) in [6.45, 7) is 2.28. The Bertz CT molecular complexity index is 965. The van der Waals surface area contributed by atoms with Gasteiger partial charge in [0.2, 0.25) is 0 Å². The number of isothiocyanates is 1. The van der Waals surface area contributed by atoms with Crippen LogP contribution in [0.25, 0.3) is 0 Å². The third-order valence-electron chi connectivity index (χ3n) is 5.76. The highest BCUT2D eigenvalue weighted by Gasteiger charge is 2.19. The van der Waals surface area contributed by atoms with E-state index in [1.165, 1.54) is 51.4 Å². The molecule has 0 heterocycles. The lowest BCUT2D eigenvalue weighted by Gasteiger charge is -2.25. The highest BCUT2D eigenvalue weighted by Crippen LogP contribution is 2.31. The molecular weight excluding hydrogens is 382 g/mol. The summed E-state index contributed by atoms with van der Waals surface area (Å²) in [6.07, 6.45) is 10.8. The lowest BCUT2D eigenvalue weighted by Crippen LogP contribution is -2.13. The van der Waals surface area contributed by atoms with Crippen LogP contribution in [0, 0.1) is 35.5 Å². The molecule has 2 aromatic rings. The van der Waals surface area contributed by atoms with Crippen LogP contribution in [-0.2, 0) is 0 Å². The second-order valence-electron chi connectivity index (χ2n) is 8.06. The molecule has 0 amide bonds. The molecule has 152 valence electrons. The lowest BCUT2D eigenvalue weighted by molar-refractivity contribution is 0.294. The van der Waals surface area contributed by atoms with Gasteiger partial charge in [-0.1, -0.05) is 56.3 Å². The van der Waals surface area contributed by atoms with Gasteiger partial charge in [-0.05, 0) is 92.4 Å². The van der Waals surface area contributed by atoms with Crippen molar-refractivity contribution in [3.8, 4) is 23.7 Å². The van der Waals surface area contributed by atoms with Crippen LogP contribution in [0.4, 0.5) is 5.69 Å². The smallest absolute Gasteiger partial charge is 0.0740 e. The van der Waals surface area contributed by atoms with Gasteiger partial charge in [0.1, 0.15) is 0 Å². The minimum Gasteiger partial charge on any atom is -0.195 e. The number of hydrogen-bond donors (Lipinski definition) is 0. The van der Waals surface area contributed by atoms with Crippen LogP contribution < -0.4 is 0 Å². The van der Waals surface area contributed by atoms with Crippen molar-refractivity contribution in [2.75, 3.05) is 0 Å². The second-order valence-corrected chi connectivity index (χ2v) is 8.24. The average molecular weight is 412 g/mol. The zero-order chi connectivity index (χ0) is 21.0. The summed E-state index contributed by atoms with van der Waals surface area (Å²) >= 11 is 4.62. The quantitative estimate of drug-likeness (QED) is 0.214. The molecule has 1 nitrogen and oxygen atoms in total. The van der Waals surface area contributed by atoms with E-state index in [1.807, 2.05) is 36.4 Å². The van der Waals surface area contributed by atoms with Gasteiger partial charge in [0, 0.05) is 22.6 Å². The third-order valence-corrected chi connectivity index (χ3v) is 5.85. The molecule has 0 bridgehead atoms. The molecule has 2 aromatic carbocycles. The van der Waals surface area contributed by atoms with Gasteiger partial charge in [0.25, 0.3) is 0 Å². The van der Waals surface area contributed by atoms with Crippen LogP contribution in [-0.4, -0.2) is 5.16 Å². The van der Waals surface area contributed by atoms with E-state index in [1.54, 1.807) is 0 Å². The first-order valence-electron chi connectivity index (χ1n) is 11.1. The van der Waals surface area contributed by atoms with Crippen molar-refractivity contribution in [1.29, 1.82) is 0 Å². The molecule has 1 aliphatic carbocycles. The zero-order valence-electron chi connectivity index (χ0n) is 17.8. The molecule has 0 spiro atoms. The van der Waals surface area contributed by atoms with Gasteiger partial charge in [-0.25, -0.2) is 0 Å². The molecule has 0 radical (unpaired) electrons. The highest BCUT2D eigenvalue weighted by molar-refractivity contribution is 7.78. The van der Waals surface area contributed by atoms with Gasteiger partial charge in [-0.15, -0.1) is 0 Å². The first-order chi connectivity index (χ1) is 14.8. The first kappa shape index (κ1) is 22.1. The fourth-order valence-electron chi connectivity index (χ4n) is 3.92. The summed E-state index contributed by atoms with van der Waals surface area (Å²) in [5, 5.41) is 2.37. The molecular formula is C28H29NS. The summed E-state index contributed by atoms with van der Waals surface area (Å²) in [6, 6.07) is 15.9. The van der Waals surface area contributed by atoms with Crippen molar-refractivity contribution in [3.63, 3.8) is 0 Å². The van der Waals surface area contributed by atoms with Crippen LogP contribution in [0.2, 0.25) is 0 Å². The Balaban J connectivity index is 1.51. The van der Waals surface area contributed by atoms with E-state index in [2.05, 4.69) is 65.1 Å². The monoisotopic (exact) mass is 411 g/mol. The number of thiocarbonyl (C=S) groups is 1. The molecule has 0 aromatic heterocycles. The van der Waals surface area contributed by atoms with Crippen LogP contribution in [0.5, 0.6) is 0 Å². The van der Waals surface area contributed by atoms with Gasteiger partial charge in [-0.2, -0.15) is 4.99 Å². The van der Waals surface area contributed by atoms with E-state index >= 15 is 0 Å². The number of unbranched alkanes of at least 4 members (excludes halogenated alkanes) is 2. The minimum atomic E-state index is 0.567. The van der Waals surface area contributed by atoms with Crippen molar-refractivity contribution in [2.24, 2.45) is 16.8 Å². The van der Waals surface area contributed by atoms with Gasteiger partial charge in [0.15, 0.2) is 0 Å². The Morgan fingerprint density at radius 3 is 1.93 bits per heavy atom. The summed E-state index contributed by atoms with van der Waals surface area (Å²) < 4.78 is 0. The number of rotatable bonds is 5. The van der Waals surface area contributed by atoms with E-state index < -0.39 is 0 Å². The Labute approximate surface area is 187 Å². The van der Waals surface area contributed by atoms with Gasteiger partial charge < -0.3 is 0 Å². The SMILES string of the molecule is CCCCCC1CCC(C#Cc2ccc(C#Cc3ccc(N=C=S)cc3)cc2)CC1. The van der Waals surface area contributed by atoms with Crippen molar-refractivity contribution in [2.45, 2.75) is 58.3 Å². The Hall–Kier alpha value is -2.64. The molecule has 1 fully saturated rings. The van der Waals surface area contributed by atoms with Gasteiger partial charge >= 0.3 is 0 Å². The maximum atomic E-state index is 4.62. The Morgan fingerprint density at radius 1 is 0.800 bits per heavy atom. The van der Waals surface area contributed by atoms with E-state index in [9.17, 15) is 0 Å². The fourth-order valence-corrected chi connectivity index (χ4v) is 4.02.